The van der Waals surface area contributed by atoms with E-state index in [9.17, 15) is 0 Å². The molecule has 1 aromatic heterocycles. The van der Waals surface area contributed by atoms with Crippen molar-refractivity contribution in [3.63, 3.8) is 0 Å². The van der Waals surface area contributed by atoms with Crippen LogP contribution in [0.3, 0.4) is 0 Å². The van der Waals surface area contributed by atoms with Crippen LogP contribution in [0.15, 0.2) is 30.3 Å². The fourth-order valence-electron chi connectivity index (χ4n) is 3.08. The van der Waals surface area contributed by atoms with Crippen LogP contribution in [-0.4, -0.2) is 22.4 Å². The van der Waals surface area contributed by atoms with E-state index in [2.05, 4.69) is 59.5 Å². The van der Waals surface area contributed by atoms with E-state index in [1.807, 2.05) is 11.7 Å². The number of benzene rings is 1. The standard InChI is InChI=1S/C17H24N4/c1-4-15-11-21(12-16-9-13(2)19-20(16)3)17-8-6-5-7-14(17)10-18-15/h5-9,15,18H,4,10-12H2,1-3H3. The van der Waals surface area contributed by atoms with Crippen molar-refractivity contribution >= 4 is 5.69 Å². The Morgan fingerprint density at radius 1 is 1.33 bits per heavy atom. The third-order valence-electron chi connectivity index (χ3n) is 4.30. The van der Waals surface area contributed by atoms with Crippen molar-refractivity contribution in [2.24, 2.45) is 7.05 Å². The van der Waals surface area contributed by atoms with Crippen LogP contribution in [0.25, 0.3) is 0 Å². The van der Waals surface area contributed by atoms with Crippen LogP contribution in [0.4, 0.5) is 5.69 Å². The van der Waals surface area contributed by atoms with E-state index in [1.165, 1.54) is 16.9 Å². The minimum absolute atomic E-state index is 0.534. The summed E-state index contributed by atoms with van der Waals surface area (Å²) in [5.74, 6) is 0. The molecule has 3 rings (SSSR count). The van der Waals surface area contributed by atoms with E-state index >= 15 is 0 Å². The van der Waals surface area contributed by atoms with E-state index < -0.39 is 0 Å². The number of fused-ring (bicyclic) bond motifs is 1. The predicted octanol–water partition coefficient (Wildman–Crippen LogP) is 2.62. The summed E-state index contributed by atoms with van der Waals surface area (Å²) in [6, 6.07) is 11.4. The second kappa shape index (κ2) is 5.90. The van der Waals surface area contributed by atoms with Crippen molar-refractivity contribution < 1.29 is 0 Å². The Bertz CT molecular complexity index is 617. The number of para-hydroxylation sites is 1. The fourth-order valence-corrected chi connectivity index (χ4v) is 3.08. The molecule has 21 heavy (non-hydrogen) atoms. The molecule has 1 unspecified atom stereocenters. The van der Waals surface area contributed by atoms with Gasteiger partial charge in [0.25, 0.3) is 0 Å². The average Bonchev–Trinajstić information content (AvgIpc) is 2.70. The second-order valence-electron chi connectivity index (χ2n) is 5.90. The smallest absolute Gasteiger partial charge is 0.0599 e. The predicted molar refractivity (Wildman–Crippen MR) is 86.4 cm³/mol. The largest absolute Gasteiger partial charge is 0.364 e. The molecule has 0 radical (unpaired) electrons. The van der Waals surface area contributed by atoms with Crippen LogP contribution in [-0.2, 0) is 20.1 Å². The molecule has 112 valence electrons. The lowest BCUT2D eigenvalue weighted by atomic mass is 10.1. The topological polar surface area (TPSA) is 33.1 Å². The molecule has 2 aromatic rings. The number of nitrogens with zero attached hydrogens (tertiary/aromatic N) is 3. The molecule has 1 atom stereocenters. The van der Waals surface area contributed by atoms with Crippen LogP contribution in [0.2, 0.25) is 0 Å². The normalized spacial score (nSPS) is 18.4. The molecule has 2 heterocycles. The van der Waals surface area contributed by atoms with Crippen molar-refractivity contribution in [1.82, 2.24) is 15.1 Å². The van der Waals surface area contributed by atoms with Crippen molar-refractivity contribution in [3.05, 3.63) is 47.3 Å². The third-order valence-corrected chi connectivity index (χ3v) is 4.30. The van der Waals surface area contributed by atoms with Crippen LogP contribution < -0.4 is 10.2 Å². The minimum atomic E-state index is 0.534. The fraction of sp³-hybridized carbons (Fsp3) is 0.471. The van der Waals surface area contributed by atoms with E-state index in [0.717, 1.165) is 31.7 Å². The Labute approximate surface area is 126 Å². The molecule has 0 saturated carbocycles. The number of aromatic nitrogens is 2. The van der Waals surface area contributed by atoms with Gasteiger partial charge in [-0.1, -0.05) is 25.1 Å². The molecular weight excluding hydrogens is 260 g/mol. The molecule has 1 aromatic carbocycles. The van der Waals surface area contributed by atoms with Crippen LogP contribution in [0, 0.1) is 6.92 Å². The number of hydrogen-bond acceptors (Lipinski definition) is 3. The SMILES string of the molecule is CCC1CN(Cc2cc(C)nn2C)c2ccccc2CN1. The van der Waals surface area contributed by atoms with Crippen molar-refractivity contribution in [2.45, 2.75) is 39.4 Å². The lowest BCUT2D eigenvalue weighted by Crippen LogP contribution is -2.37. The molecule has 0 bridgehead atoms. The Hall–Kier alpha value is -1.81. The van der Waals surface area contributed by atoms with E-state index in [4.69, 9.17) is 0 Å². The highest BCUT2D eigenvalue weighted by Gasteiger charge is 2.21. The first-order chi connectivity index (χ1) is 10.2. The van der Waals surface area contributed by atoms with Gasteiger partial charge in [0.2, 0.25) is 0 Å². The van der Waals surface area contributed by atoms with E-state index in [-0.39, 0.29) is 0 Å². The summed E-state index contributed by atoms with van der Waals surface area (Å²) in [6.45, 7) is 7.20. The van der Waals surface area contributed by atoms with Crippen molar-refractivity contribution in [1.29, 1.82) is 0 Å². The van der Waals surface area contributed by atoms with Crippen molar-refractivity contribution in [2.75, 3.05) is 11.4 Å². The number of hydrogen-bond donors (Lipinski definition) is 1. The van der Waals surface area contributed by atoms with Gasteiger partial charge in [-0.15, -0.1) is 0 Å². The minimum Gasteiger partial charge on any atom is -0.364 e. The monoisotopic (exact) mass is 284 g/mol. The highest BCUT2D eigenvalue weighted by molar-refractivity contribution is 5.54. The summed E-state index contributed by atoms with van der Waals surface area (Å²) < 4.78 is 2.00. The summed E-state index contributed by atoms with van der Waals surface area (Å²) in [5, 5.41) is 8.13. The molecule has 1 N–H and O–H groups in total. The summed E-state index contributed by atoms with van der Waals surface area (Å²) >= 11 is 0. The van der Waals surface area contributed by atoms with Gasteiger partial charge in [-0.05, 0) is 31.0 Å². The molecule has 0 saturated heterocycles. The maximum atomic E-state index is 4.47. The van der Waals surface area contributed by atoms with E-state index in [0.29, 0.717) is 6.04 Å². The lowest BCUT2D eigenvalue weighted by molar-refractivity contribution is 0.499. The zero-order chi connectivity index (χ0) is 14.8. The van der Waals surface area contributed by atoms with Crippen LogP contribution in [0.5, 0.6) is 0 Å². The van der Waals surface area contributed by atoms with Gasteiger partial charge in [0.15, 0.2) is 0 Å². The maximum absolute atomic E-state index is 4.47. The van der Waals surface area contributed by atoms with Gasteiger partial charge in [-0.2, -0.15) is 5.10 Å². The maximum Gasteiger partial charge on any atom is 0.0599 e. The van der Waals surface area contributed by atoms with E-state index in [1.54, 1.807) is 0 Å². The van der Waals surface area contributed by atoms with Gasteiger partial charge in [-0.25, -0.2) is 0 Å². The van der Waals surface area contributed by atoms with Gasteiger partial charge < -0.3 is 10.2 Å². The molecule has 0 amide bonds. The van der Waals surface area contributed by atoms with Crippen LogP contribution in [0.1, 0.15) is 30.3 Å². The Kier molecular flexibility index (Phi) is 3.97. The third kappa shape index (κ3) is 2.95. The first kappa shape index (κ1) is 14.1. The molecule has 0 aliphatic carbocycles. The second-order valence-corrected chi connectivity index (χ2v) is 5.90. The number of anilines is 1. The van der Waals surface area contributed by atoms with Gasteiger partial charge in [-0.3, -0.25) is 4.68 Å². The number of aryl methyl sites for hydroxylation is 2. The average molecular weight is 284 g/mol. The molecule has 4 heteroatoms. The van der Waals surface area contributed by atoms with Crippen molar-refractivity contribution in [3.8, 4) is 0 Å². The quantitative estimate of drug-likeness (QED) is 0.940. The molecule has 0 fully saturated rings. The number of rotatable bonds is 3. The first-order valence-electron chi connectivity index (χ1n) is 7.73. The lowest BCUT2D eigenvalue weighted by Gasteiger charge is -2.27. The van der Waals surface area contributed by atoms with Gasteiger partial charge in [0, 0.05) is 31.9 Å². The van der Waals surface area contributed by atoms with Gasteiger partial charge in [0.05, 0.1) is 17.9 Å². The first-order valence-corrected chi connectivity index (χ1v) is 7.73. The highest BCUT2D eigenvalue weighted by Crippen LogP contribution is 2.25. The molecule has 1 aliphatic rings. The zero-order valence-electron chi connectivity index (χ0n) is 13.1. The summed E-state index contributed by atoms with van der Waals surface area (Å²) in [7, 11) is 2.03. The number of nitrogens with one attached hydrogen (secondary N) is 1. The Balaban J connectivity index is 1.92. The Morgan fingerprint density at radius 3 is 2.86 bits per heavy atom. The molecule has 0 spiro atoms. The van der Waals surface area contributed by atoms with Gasteiger partial charge in [0.1, 0.15) is 0 Å². The highest BCUT2D eigenvalue weighted by atomic mass is 15.3. The molecule has 4 nitrogen and oxygen atoms in total. The molecule has 1 aliphatic heterocycles. The summed E-state index contributed by atoms with van der Waals surface area (Å²) in [6.07, 6.45) is 1.15. The molecular formula is C17H24N4. The summed E-state index contributed by atoms with van der Waals surface area (Å²) in [5.41, 5.74) is 5.08. The van der Waals surface area contributed by atoms with Crippen LogP contribution >= 0.6 is 0 Å². The Morgan fingerprint density at radius 2 is 2.14 bits per heavy atom. The zero-order valence-corrected chi connectivity index (χ0v) is 13.1. The van der Waals surface area contributed by atoms with Gasteiger partial charge >= 0.3 is 0 Å². The summed E-state index contributed by atoms with van der Waals surface area (Å²) in [4.78, 5) is 2.49.